The third-order valence-corrected chi connectivity index (χ3v) is 3.06. The maximum atomic E-state index is 11.8. The first-order valence-corrected chi connectivity index (χ1v) is 6.89. The highest BCUT2D eigenvalue weighted by molar-refractivity contribution is 5.88. The molecule has 2 N–H and O–H groups in total. The van der Waals surface area contributed by atoms with Crippen molar-refractivity contribution in [3.8, 4) is 11.6 Å². The van der Waals surface area contributed by atoms with Crippen LogP contribution in [0.5, 0.6) is 11.6 Å². The van der Waals surface area contributed by atoms with Crippen molar-refractivity contribution < 1.29 is 14.3 Å². The van der Waals surface area contributed by atoms with Crippen LogP contribution in [0.2, 0.25) is 0 Å². The van der Waals surface area contributed by atoms with E-state index in [0.29, 0.717) is 18.1 Å². The topological polar surface area (TPSA) is 72.5 Å². The molecular weight excluding hydrogens is 282 g/mol. The number of aromatic nitrogens is 1. The fourth-order valence-electron chi connectivity index (χ4n) is 1.86. The van der Waals surface area contributed by atoms with Crippen LogP contribution in [0.25, 0.3) is 0 Å². The molecule has 0 aliphatic carbocycles. The maximum Gasteiger partial charge on any atom is 0.319 e. The number of carbonyl (C=O) groups is 1. The number of hydrogen-bond acceptors (Lipinski definition) is 4. The summed E-state index contributed by atoms with van der Waals surface area (Å²) >= 11 is 0. The molecular formula is C16H19N3O3. The number of pyridine rings is 1. The zero-order valence-electron chi connectivity index (χ0n) is 12.6. The number of ether oxygens (including phenoxy) is 2. The Morgan fingerprint density at radius 3 is 2.45 bits per heavy atom. The molecule has 0 bridgehead atoms. The Labute approximate surface area is 129 Å². The molecule has 22 heavy (non-hydrogen) atoms. The highest BCUT2D eigenvalue weighted by atomic mass is 16.5. The van der Waals surface area contributed by atoms with E-state index in [0.717, 1.165) is 17.7 Å². The fraction of sp³-hybridized carbons (Fsp3) is 0.250. The van der Waals surface area contributed by atoms with E-state index in [-0.39, 0.29) is 6.03 Å². The summed E-state index contributed by atoms with van der Waals surface area (Å²) in [4.78, 5) is 15.8. The lowest BCUT2D eigenvalue weighted by Gasteiger charge is -2.08. The van der Waals surface area contributed by atoms with Gasteiger partial charge in [0.2, 0.25) is 5.88 Å². The van der Waals surface area contributed by atoms with E-state index in [1.54, 1.807) is 32.5 Å². The molecule has 0 radical (unpaired) electrons. The number of urea groups is 1. The van der Waals surface area contributed by atoms with Gasteiger partial charge in [0.25, 0.3) is 0 Å². The minimum Gasteiger partial charge on any atom is -0.497 e. The molecule has 6 heteroatoms. The minimum atomic E-state index is -0.263. The van der Waals surface area contributed by atoms with Crippen LogP contribution in [0.1, 0.15) is 5.56 Å². The Balaban J connectivity index is 1.74. The molecule has 0 fully saturated rings. The van der Waals surface area contributed by atoms with E-state index >= 15 is 0 Å². The van der Waals surface area contributed by atoms with Crippen LogP contribution in [-0.2, 0) is 6.42 Å². The van der Waals surface area contributed by atoms with E-state index in [9.17, 15) is 4.79 Å². The first-order chi connectivity index (χ1) is 10.7. The SMILES string of the molecule is COc1ccc(CCNC(=O)Nc2ccc(OC)nc2)cc1. The van der Waals surface area contributed by atoms with Gasteiger partial charge in [0.05, 0.1) is 26.1 Å². The summed E-state index contributed by atoms with van der Waals surface area (Å²) in [6, 6.07) is 10.9. The largest absolute Gasteiger partial charge is 0.497 e. The van der Waals surface area contributed by atoms with Crippen LogP contribution in [0.15, 0.2) is 42.6 Å². The summed E-state index contributed by atoms with van der Waals surface area (Å²) in [6.07, 6.45) is 2.29. The third kappa shape index (κ3) is 4.66. The standard InChI is InChI=1S/C16H19N3O3/c1-21-14-6-3-12(4-7-14)9-10-17-16(20)19-13-5-8-15(22-2)18-11-13/h3-8,11H,9-10H2,1-2H3,(H2,17,19,20). The van der Waals surface area contributed by atoms with E-state index in [4.69, 9.17) is 9.47 Å². The number of nitrogens with zero attached hydrogens (tertiary/aromatic N) is 1. The van der Waals surface area contributed by atoms with Crippen molar-refractivity contribution in [1.29, 1.82) is 0 Å². The van der Waals surface area contributed by atoms with Crippen molar-refractivity contribution in [2.24, 2.45) is 0 Å². The number of benzene rings is 1. The molecule has 0 saturated heterocycles. The number of amides is 2. The van der Waals surface area contributed by atoms with Crippen molar-refractivity contribution in [2.45, 2.75) is 6.42 Å². The van der Waals surface area contributed by atoms with Crippen LogP contribution < -0.4 is 20.1 Å². The number of anilines is 1. The first-order valence-electron chi connectivity index (χ1n) is 6.89. The van der Waals surface area contributed by atoms with Gasteiger partial charge in [-0.1, -0.05) is 12.1 Å². The van der Waals surface area contributed by atoms with E-state index < -0.39 is 0 Å². The van der Waals surface area contributed by atoms with Crippen molar-refractivity contribution in [2.75, 3.05) is 26.1 Å². The Kier molecular flexibility index (Phi) is 5.59. The van der Waals surface area contributed by atoms with Crippen molar-refractivity contribution >= 4 is 11.7 Å². The molecule has 0 aliphatic heterocycles. The lowest BCUT2D eigenvalue weighted by molar-refractivity contribution is 0.252. The molecule has 1 heterocycles. The maximum absolute atomic E-state index is 11.8. The number of methoxy groups -OCH3 is 2. The predicted molar refractivity (Wildman–Crippen MR) is 84.5 cm³/mol. The van der Waals surface area contributed by atoms with Gasteiger partial charge < -0.3 is 20.1 Å². The van der Waals surface area contributed by atoms with E-state index in [1.807, 2.05) is 24.3 Å². The highest BCUT2D eigenvalue weighted by Gasteiger charge is 2.02. The number of nitrogens with one attached hydrogen (secondary N) is 2. The molecule has 116 valence electrons. The van der Waals surface area contributed by atoms with Crippen LogP contribution >= 0.6 is 0 Å². The molecule has 2 rings (SSSR count). The average Bonchev–Trinajstić information content (AvgIpc) is 2.56. The van der Waals surface area contributed by atoms with Gasteiger partial charge in [-0.25, -0.2) is 9.78 Å². The molecule has 0 aliphatic rings. The smallest absolute Gasteiger partial charge is 0.319 e. The summed E-state index contributed by atoms with van der Waals surface area (Å²) in [5.41, 5.74) is 1.75. The van der Waals surface area contributed by atoms with Crippen LogP contribution in [-0.4, -0.2) is 31.8 Å². The van der Waals surface area contributed by atoms with Crippen molar-refractivity contribution in [3.05, 3.63) is 48.2 Å². The molecule has 2 aromatic rings. The van der Waals surface area contributed by atoms with Crippen LogP contribution in [0, 0.1) is 0 Å². The Hall–Kier alpha value is -2.76. The number of hydrogen-bond donors (Lipinski definition) is 2. The Morgan fingerprint density at radius 2 is 1.86 bits per heavy atom. The van der Waals surface area contributed by atoms with Gasteiger partial charge in [-0.3, -0.25) is 0 Å². The Morgan fingerprint density at radius 1 is 1.09 bits per heavy atom. The molecule has 6 nitrogen and oxygen atoms in total. The second kappa shape index (κ2) is 7.87. The Bertz CT molecular complexity index is 597. The summed E-state index contributed by atoms with van der Waals surface area (Å²) in [5.74, 6) is 1.33. The van der Waals surface area contributed by atoms with Gasteiger partial charge in [0.15, 0.2) is 0 Å². The second-order valence-electron chi connectivity index (χ2n) is 4.57. The molecule has 0 atom stereocenters. The quantitative estimate of drug-likeness (QED) is 0.859. The fourth-order valence-corrected chi connectivity index (χ4v) is 1.86. The summed E-state index contributed by atoms with van der Waals surface area (Å²) < 4.78 is 10.1. The van der Waals surface area contributed by atoms with Crippen molar-refractivity contribution in [1.82, 2.24) is 10.3 Å². The third-order valence-electron chi connectivity index (χ3n) is 3.06. The van der Waals surface area contributed by atoms with Crippen LogP contribution in [0.3, 0.4) is 0 Å². The summed E-state index contributed by atoms with van der Waals surface area (Å²) in [6.45, 7) is 0.543. The zero-order chi connectivity index (χ0) is 15.8. The second-order valence-corrected chi connectivity index (χ2v) is 4.57. The minimum absolute atomic E-state index is 0.263. The molecule has 1 aromatic heterocycles. The lowest BCUT2D eigenvalue weighted by Crippen LogP contribution is -2.30. The predicted octanol–water partition coefficient (Wildman–Crippen LogP) is 2.46. The van der Waals surface area contributed by atoms with Gasteiger partial charge in [-0.15, -0.1) is 0 Å². The highest BCUT2D eigenvalue weighted by Crippen LogP contribution is 2.12. The zero-order valence-corrected chi connectivity index (χ0v) is 12.6. The van der Waals surface area contributed by atoms with Crippen molar-refractivity contribution in [3.63, 3.8) is 0 Å². The van der Waals surface area contributed by atoms with Crippen LogP contribution in [0.4, 0.5) is 10.5 Å². The number of carbonyl (C=O) groups excluding carboxylic acids is 1. The van der Waals surface area contributed by atoms with Gasteiger partial charge >= 0.3 is 6.03 Å². The van der Waals surface area contributed by atoms with Gasteiger partial charge in [-0.2, -0.15) is 0 Å². The molecule has 0 spiro atoms. The van der Waals surface area contributed by atoms with E-state index in [1.165, 1.54) is 0 Å². The average molecular weight is 301 g/mol. The summed E-state index contributed by atoms with van der Waals surface area (Å²) in [5, 5.41) is 5.51. The number of rotatable bonds is 6. The molecule has 0 saturated carbocycles. The van der Waals surface area contributed by atoms with Gasteiger partial charge in [0.1, 0.15) is 5.75 Å². The molecule has 2 amide bonds. The lowest BCUT2D eigenvalue weighted by atomic mass is 10.1. The normalized spacial score (nSPS) is 9.91. The van der Waals surface area contributed by atoms with E-state index in [2.05, 4.69) is 15.6 Å². The first kappa shape index (κ1) is 15.6. The monoisotopic (exact) mass is 301 g/mol. The summed E-state index contributed by atoms with van der Waals surface area (Å²) in [7, 11) is 3.18. The van der Waals surface area contributed by atoms with Gasteiger partial charge in [-0.05, 0) is 30.2 Å². The molecule has 0 unspecified atom stereocenters. The molecule has 1 aromatic carbocycles. The van der Waals surface area contributed by atoms with Gasteiger partial charge in [0, 0.05) is 12.6 Å².